The summed E-state index contributed by atoms with van der Waals surface area (Å²) < 4.78 is 6.38. The van der Waals surface area contributed by atoms with Crippen molar-refractivity contribution in [3.8, 4) is 0 Å². The average molecular weight is 438 g/mol. The van der Waals surface area contributed by atoms with E-state index in [0.717, 1.165) is 26.1 Å². The average Bonchev–Trinajstić information content (AvgIpc) is 3.46. The summed E-state index contributed by atoms with van der Waals surface area (Å²) in [5, 5.41) is 2.80. The van der Waals surface area contributed by atoms with E-state index in [1.807, 2.05) is 6.07 Å². The van der Waals surface area contributed by atoms with Gasteiger partial charge in [0.15, 0.2) is 5.65 Å². The number of likely N-dealkylation sites (tertiary alicyclic amines) is 1. The third-order valence-electron chi connectivity index (χ3n) is 6.36. The summed E-state index contributed by atoms with van der Waals surface area (Å²) in [5.41, 5.74) is 2.35. The van der Waals surface area contributed by atoms with Crippen LogP contribution in [0.4, 0.5) is 0 Å². The second kappa shape index (κ2) is 9.67. The number of ether oxygens (including phenoxy) is 1. The third kappa shape index (κ3) is 4.47. The Kier molecular flexibility index (Phi) is 6.72. The molecule has 1 N–H and O–H groups in total. The van der Waals surface area contributed by atoms with E-state index in [2.05, 4.69) is 58.0 Å². The van der Waals surface area contributed by atoms with Crippen molar-refractivity contribution >= 4 is 11.6 Å². The summed E-state index contributed by atoms with van der Waals surface area (Å²) in [5.74, 6) is -0.482. The fraction of sp³-hybridized carbons (Fsp3) is 0.458. The number of hydrogen-bond donors (Lipinski definition) is 1. The van der Waals surface area contributed by atoms with Gasteiger partial charge in [-0.1, -0.05) is 37.3 Å². The number of rotatable bonds is 8. The van der Waals surface area contributed by atoms with Crippen molar-refractivity contribution < 1.29 is 9.53 Å². The molecule has 32 heavy (non-hydrogen) atoms. The maximum absolute atomic E-state index is 12.6. The lowest BCUT2D eigenvalue weighted by Crippen LogP contribution is -2.38. The molecule has 0 amide bonds. The van der Waals surface area contributed by atoms with E-state index in [0.29, 0.717) is 30.0 Å². The molecule has 2 unspecified atom stereocenters. The van der Waals surface area contributed by atoms with E-state index in [1.54, 1.807) is 13.0 Å². The van der Waals surface area contributed by atoms with Crippen LogP contribution in [-0.2, 0) is 11.3 Å². The van der Waals surface area contributed by atoms with Crippen LogP contribution in [0.25, 0.3) is 5.65 Å². The van der Waals surface area contributed by atoms with Crippen molar-refractivity contribution in [3.63, 3.8) is 0 Å². The molecule has 1 fully saturated rings. The van der Waals surface area contributed by atoms with Gasteiger partial charge < -0.3 is 4.74 Å². The Morgan fingerprint density at radius 2 is 2.09 bits per heavy atom. The molecule has 2 aromatic heterocycles. The number of carbonyl (C=O) groups is 1. The molecule has 8 heteroatoms. The van der Waals surface area contributed by atoms with Gasteiger partial charge in [-0.15, -0.1) is 0 Å². The van der Waals surface area contributed by atoms with Crippen molar-refractivity contribution in [2.45, 2.75) is 45.8 Å². The second-order valence-electron chi connectivity index (χ2n) is 8.24. The molecule has 3 aromatic rings. The predicted octanol–water partition coefficient (Wildman–Crippen LogP) is 2.86. The summed E-state index contributed by atoms with van der Waals surface area (Å²) in [6.07, 6.45) is 2.55. The minimum Gasteiger partial charge on any atom is -0.462 e. The number of benzene rings is 1. The molecule has 1 aliphatic rings. The Morgan fingerprint density at radius 1 is 1.31 bits per heavy atom. The Labute approximate surface area is 187 Å². The van der Waals surface area contributed by atoms with E-state index in [1.165, 1.54) is 16.3 Å². The first-order chi connectivity index (χ1) is 15.5. The highest BCUT2D eigenvalue weighted by atomic mass is 16.5. The highest BCUT2D eigenvalue weighted by molar-refractivity contribution is 5.95. The van der Waals surface area contributed by atoms with Crippen LogP contribution in [0.15, 0.2) is 47.4 Å². The monoisotopic (exact) mass is 437 g/mol. The lowest BCUT2D eigenvalue weighted by atomic mass is 10.1. The highest BCUT2D eigenvalue weighted by Gasteiger charge is 2.30. The van der Waals surface area contributed by atoms with Crippen LogP contribution in [0.1, 0.15) is 54.8 Å². The summed E-state index contributed by atoms with van der Waals surface area (Å²) in [7, 11) is 0. The minimum absolute atomic E-state index is 0.234. The maximum Gasteiger partial charge on any atom is 0.343 e. The topological polar surface area (TPSA) is 82.9 Å². The smallest absolute Gasteiger partial charge is 0.343 e. The molecule has 0 radical (unpaired) electrons. The molecule has 1 aromatic carbocycles. The lowest BCUT2D eigenvalue weighted by molar-refractivity contribution is 0.0528. The van der Waals surface area contributed by atoms with Gasteiger partial charge >= 0.3 is 5.97 Å². The maximum atomic E-state index is 12.6. The molecule has 8 nitrogen and oxygen atoms in total. The molecule has 1 saturated heterocycles. The zero-order valence-corrected chi connectivity index (χ0v) is 19.0. The van der Waals surface area contributed by atoms with Crippen molar-refractivity contribution in [3.05, 3.63) is 69.8 Å². The van der Waals surface area contributed by atoms with Crippen molar-refractivity contribution in [1.82, 2.24) is 24.4 Å². The molecule has 1 aliphatic heterocycles. The number of esters is 1. The van der Waals surface area contributed by atoms with Crippen molar-refractivity contribution in [2.75, 3.05) is 26.2 Å². The first-order valence-electron chi connectivity index (χ1n) is 11.3. The molecule has 2 atom stereocenters. The molecule has 170 valence electrons. The van der Waals surface area contributed by atoms with E-state index in [9.17, 15) is 9.59 Å². The number of carbonyl (C=O) groups excluding carboxylic acids is 1. The van der Waals surface area contributed by atoms with Gasteiger partial charge in [0, 0.05) is 44.0 Å². The van der Waals surface area contributed by atoms with Crippen molar-refractivity contribution in [2.24, 2.45) is 0 Å². The normalized spacial score (nSPS) is 17.8. The number of aromatic amines is 1. The standard InChI is InChI=1S/C24H31N5O3/c1-4-27(20-11-12-28(16-20)17(3)18-9-7-6-8-10-18)15-19-13-22(30)29-23(26-19)21(14-25-29)24(31)32-5-2/h6-10,13-14,17,20,25H,4-5,11-12,15-16H2,1-3H3. The van der Waals surface area contributed by atoms with Gasteiger partial charge in [-0.3, -0.25) is 19.7 Å². The molecule has 0 spiro atoms. The lowest BCUT2D eigenvalue weighted by Gasteiger charge is -2.29. The van der Waals surface area contributed by atoms with Crippen LogP contribution in [0, 0.1) is 0 Å². The predicted molar refractivity (Wildman–Crippen MR) is 123 cm³/mol. The fourth-order valence-corrected chi connectivity index (χ4v) is 4.54. The number of nitrogens with one attached hydrogen (secondary N) is 1. The number of hydrogen-bond acceptors (Lipinski definition) is 6. The van der Waals surface area contributed by atoms with E-state index < -0.39 is 5.97 Å². The molecule has 0 bridgehead atoms. The van der Waals surface area contributed by atoms with Crippen LogP contribution in [0.5, 0.6) is 0 Å². The van der Waals surface area contributed by atoms with Gasteiger partial charge in [0.05, 0.1) is 12.3 Å². The SMILES string of the molecule is CCOC(=O)c1c[nH]n2c(=O)cc(CN(CC)C3CCN(C(C)c4ccccc4)C3)nc12. The van der Waals surface area contributed by atoms with Gasteiger partial charge in [-0.2, -0.15) is 0 Å². The Hall–Kier alpha value is -2.97. The van der Waals surface area contributed by atoms with Gasteiger partial charge in [0.2, 0.25) is 0 Å². The summed E-state index contributed by atoms with van der Waals surface area (Å²) >= 11 is 0. The number of likely N-dealkylation sites (N-methyl/N-ethyl adjacent to an activating group) is 1. The van der Waals surface area contributed by atoms with Gasteiger partial charge in [0.1, 0.15) is 5.56 Å². The van der Waals surface area contributed by atoms with Gasteiger partial charge in [-0.05, 0) is 32.4 Å². The zero-order chi connectivity index (χ0) is 22.7. The van der Waals surface area contributed by atoms with Crippen LogP contribution in [0.3, 0.4) is 0 Å². The molecule has 4 rings (SSSR count). The third-order valence-corrected chi connectivity index (χ3v) is 6.36. The first-order valence-corrected chi connectivity index (χ1v) is 11.3. The quantitative estimate of drug-likeness (QED) is 0.546. The van der Waals surface area contributed by atoms with Crippen LogP contribution in [0.2, 0.25) is 0 Å². The summed E-state index contributed by atoms with van der Waals surface area (Å²) in [6, 6.07) is 12.9. The first kappa shape index (κ1) is 22.2. The summed E-state index contributed by atoms with van der Waals surface area (Å²) in [6.45, 7) is 9.84. The highest BCUT2D eigenvalue weighted by Crippen LogP contribution is 2.27. The van der Waals surface area contributed by atoms with Crippen molar-refractivity contribution in [1.29, 1.82) is 0 Å². The molecular weight excluding hydrogens is 406 g/mol. The molecular formula is C24H31N5O3. The van der Waals surface area contributed by atoms with Crippen LogP contribution in [-0.4, -0.2) is 62.7 Å². The molecule has 0 saturated carbocycles. The Morgan fingerprint density at radius 3 is 2.81 bits per heavy atom. The van der Waals surface area contributed by atoms with Crippen LogP contribution >= 0.6 is 0 Å². The Balaban J connectivity index is 1.51. The Bertz CT molecular complexity index is 1120. The summed E-state index contributed by atoms with van der Waals surface area (Å²) in [4.78, 5) is 34.3. The number of aromatic nitrogens is 3. The van der Waals surface area contributed by atoms with E-state index in [4.69, 9.17) is 4.74 Å². The van der Waals surface area contributed by atoms with Gasteiger partial charge in [0.25, 0.3) is 5.56 Å². The molecule has 0 aliphatic carbocycles. The minimum atomic E-state index is -0.482. The zero-order valence-electron chi connectivity index (χ0n) is 19.0. The number of H-pyrrole nitrogens is 1. The van der Waals surface area contributed by atoms with Gasteiger partial charge in [-0.25, -0.2) is 14.3 Å². The second-order valence-corrected chi connectivity index (χ2v) is 8.24. The number of nitrogens with zero attached hydrogens (tertiary/aromatic N) is 4. The molecule has 3 heterocycles. The van der Waals surface area contributed by atoms with E-state index in [-0.39, 0.29) is 17.7 Å². The van der Waals surface area contributed by atoms with E-state index >= 15 is 0 Å². The van der Waals surface area contributed by atoms with Crippen LogP contribution < -0.4 is 5.56 Å². The fourth-order valence-electron chi connectivity index (χ4n) is 4.54. The number of fused-ring (bicyclic) bond motifs is 1. The largest absolute Gasteiger partial charge is 0.462 e.